The molecule has 0 aliphatic carbocycles. The molecule has 0 atom stereocenters. The molecule has 2 aliphatic rings. The van der Waals surface area contributed by atoms with Crippen LogP contribution >= 0.6 is 23.4 Å². The Kier molecular flexibility index (Phi) is 8.33. The molecule has 2 saturated heterocycles. The summed E-state index contributed by atoms with van der Waals surface area (Å²) in [5, 5.41) is 2.98. The maximum atomic E-state index is 12.6. The molecule has 2 aromatic carbocycles. The summed E-state index contributed by atoms with van der Waals surface area (Å²) in [6.45, 7) is 3.82. The number of rotatable bonds is 8. The minimum absolute atomic E-state index is 0.124. The highest BCUT2D eigenvalue weighted by atomic mass is 35.5. The topological polar surface area (TPSA) is 82.2 Å². The average Bonchev–Trinajstić information content (AvgIpc) is 3.13. The van der Waals surface area contributed by atoms with Crippen molar-refractivity contribution in [2.24, 2.45) is 0 Å². The second-order valence-electron chi connectivity index (χ2n) is 8.17. The predicted molar refractivity (Wildman–Crippen MR) is 139 cm³/mol. The fourth-order valence-electron chi connectivity index (χ4n) is 3.95. The number of amides is 3. The van der Waals surface area contributed by atoms with Gasteiger partial charge in [0.1, 0.15) is 5.75 Å². The molecular weight excluding hydrogens is 488 g/mol. The average molecular weight is 515 g/mol. The van der Waals surface area contributed by atoms with Gasteiger partial charge in [-0.2, -0.15) is 0 Å². The van der Waals surface area contributed by atoms with Gasteiger partial charge in [0.15, 0.2) is 0 Å². The Morgan fingerprint density at radius 2 is 1.80 bits per heavy atom. The fraction of sp³-hybridized carbons (Fsp3) is 0.320. The van der Waals surface area contributed by atoms with Crippen molar-refractivity contribution in [1.82, 2.24) is 15.1 Å². The van der Waals surface area contributed by atoms with Gasteiger partial charge in [0.25, 0.3) is 11.1 Å². The molecule has 8 nitrogen and oxygen atoms in total. The van der Waals surface area contributed by atoms with E-state index in [1.54, 1.807) is 31.4 Å². The molecular formula is C25H27ClN4O4S. The molecule has 1 N–H and O–H groups in total. The fourth-order valence-corrected chi connectivity index (χ4v) is 5.00. The summed E-state index contributed by atoms with van der Waals surface area (Å²) in [6, 6.07) is 15.1. The minimum Gasteiger partial charge on any atom is -0.497 e. The summed E-state index contributed by atoms with van der Waals surface area (Å²) in [4.78, 5) is 43.2. The largest absolute Gasteiger partial charge is 0.497 e. The van der Waals surface area contributed by atoms with Crippen molar-refractivity contribution in [2.45, 2.75) is 0 Å². The SMILES string of the molecule is COc1ccc(N2CCN(CC(=O)NCCN3C(=O)S/C(=C\c4ccccc4Cl)C3=O)CC2)cc1. The van der Waals surface area contributed by atoms with Crippen molar-refractivity contribution in [3.8, 4) is 5.75 Å². The number of carbonyl (C=O) groups excluding carboxylic acids is 3. The van der Waals surface area contributed by atoms with Crippen molar-refractivity contribution < 1.29 is 19.1 Å². The Hall–Kier alpha value is -3.01. The van der Waals surface area contributed by atoms with Crippen LogP contribution in [0.25, 0.3) is 6.08 Å². The first-order valence-corrected chi connectivity index (χ1v) is 12.5. The molecule has 0 saturated carbocycles. The number of piperazine rings is 1. The number of nitrogens with zero attached hydrogens (tertiary/aromatic N) is 3. The molecule has 0 unspecified atom stereocenters. The third-order valence-corrected chi connectivity index (χ3v) is 7.15. The van der Waals surface area contributed by atoms with Crippen molar-refractivity contribution in [3.05, 3.63) is 64.0 Å². The third-order valence-electron chi connectivity index (χ3n) is 5.90. The van der Waals surface area contributed by atoms with Gasteiger partial charge in [-0.3, -0.25) is 24.2 Å². The smallest absolute Gasteiger partial charge is 0.293 e. The summed E-state index contributed by atoms with van der Waals surface area (Å²) in [5.41, 5.74) is 1.82. The normalized spacial score (nSPS) is 17.8. The van der Waals surface area contributed by atoms with Crippen LogP contribution in [0.5, 0.6) is 5.75 Å². The van der Waals surface area contributed by atoms with Gasteiger partial charge in [-0.15, -0.1) is 0 Å². The maximum Gasteiger partial charge on any atom is 0.293 e. The van der Waals surface area contributed by atoms with E-state index in [0.29, 0.717) is 15.5 Å². The summed E-state index contributed by atoms with van der Waals surface area (Å²) >= 11 is 7.03. The van der Waals surface area contributed by atoms with E-state index in [0.717, 1.165) is 54.3 Å². The van der Waals surface area contributed by atoms with E-state index in [9.17, 15) is 14.4 Å². The molecule has 2 aliphatic heterocycles. The molecule has 184 valence electrons. The minimum atomic E-state index is -0.371. The first-order chi connectivity index (χ1) is 16.9. The van der Waals surface area contributed by atoms with E-state index in [1.807, 2.05) is 30.3 Å². The molecule has 0 radical (unpaired) electrons. The van der Waals surface area contributed by atoms with Crippen LogP contribution in [-0.2, 0) is 9.59 Å². The predicted octanol–water partition coefficient (Wildman–Crippen LogP) is 3.32. The molecule has 3 amide bonds. The van der Waals surface area contributed by atoms with Crippen LogP contribution in [0.4, 0.5) is 10.5 Å². The van der Waals surface area contributed by atoms with Crippen molar-refractivity contribution in [2.75, 3.05) is 57.8 Å². The van der Waals surface area contributed by atoms with Crippen molar-refractivity contribution in [3.63, 3.8) is 0 Å². The molecule has 0 bridgehead atoms. The van der Waals surface area contributed by atoms with Gasteiger partial charge >= 0.3 is 0 Å². The lowest BCUT2D eigenvalue weighted by molar-refractivity contribution is -0.124. The van der Waals surface area contributed by atoms with Crippen LogP contribution in [0.2, 0.25) is 5.02 Å². The molecule has 2 heterocycles. The van der Waals surface area contributed by atoms with E-state index in [2.05, 4.69) is 15.1 Å². The summed E-state index contributed by atoms with van der Waals surface area (Å²) in [5.74, 6) is 0.332. The van der Waals surface area contributed by atoms with Crippen molar-refractivity contribution >= 4 is 52.2 Å². The van der Waals surface area contributed by atoms with Gasteiger partial charge in [0, 0.05) is 50.0 Å². The quantitative estimate of drug-likeness (QED) is 0.541. The van der Waals surface area contributed by atoms with Crippen LogP contribution in [0.15, 0.2) is 53.4 Å². The Bertz CT molecular complexity index is 1120. The Balaban J connectivity index is 1.20. The zero-order valence-electron chi connectivity index (χ0n) is 19.4. The Morgan fingerprint density at radius 3 is 2.49 bits per heavy atom. The zero-order chi connectivity index (χ0) is 24.8. The second kappa shape index (κ2) is 11.6. The number of imide groups is 1. The maximum absolute atomic E-state index is 12.6. The standard InChI is InChI=1S/C25H27ClN4O4S/c1-34-20-8-6-19(7-9-20)29-14-12-28(13-15-29)17-23(31)27-10-11-30-24(32)22(35-25(30)33)16-18-4-2-3-5-21(18)26/h2-9,16H,10-15,17H2,1H3,(H,27,31)/b22-16-. The number of methoxy groups -OCH3 is 1. The van der Waals surface area contributed by atoms with Gasteiger partial charge in [-0.1, -0.05) is 29.8 Å². The van der Waals surface area contributed by atoms with E-state index < -0.39 is 0 Å². The van der Waals surface area contributed by atoms with Crippen LogP contribution in [-0.4, -0.2) is 79.8 Å². The molecule has 35 heavy (non-hydrogen) atoms. The number of thioether (sulfide) groups is 1. The van der Waals surface area contributed by atoms with Crippen LogP contribution in [0, 0.1) is 0 Å². The highest BCUT2D eigenvalue weighted by molar-refractivity contribution is 8.18. The van der Waals surface area contributed by atoms with Crippen molar-refractivity contribution in [1.29, 1.82) is 0 Å². The third kappa shape index (κ3) is 6.36. The first kappa shape index (κ1) is 25.1. The highest BCUT2D eigenvalue weighted by Gasteiger charge is 2.34. The van der Waals surface area contributed by atoms with E-state index >= 15 is 0 Å². The van der Waals surface area contributed by atoms with Gasteiger partial charge < -0.3 is 15.0 Å². The van der Waals surface area contributed by atoms with Gasteiger partial charge in [-0.05, 0) is 53.7 Å². The van der Waals surface area contributed by atoms with Crippen LogP contribution < -0.4 is 15.0 Å². The molecule has 0 spiro atoms. The number of hydrogen-bond acceptors (Lipinski definition) is 7. The number of hydrogen-bond donors (Lipinski definition) is 1. The second-order valence-corrected chi connectivity index (χ2v) is 9.57. The number of anilines is 1. The number of halogens is 1. The Morgan fingerprint density at radius 1 is 1.09 bits per heavy atom. The Labute approximate surface area is 213 Å². The zero-order valence-corrected chi connectivity index (χ0v) is 21.0. The van der Waals surface area contributed by atoms with E-state index in [1.165, 1.54) is 0 Å². The number of nitrogens with one attached hydrogen (secondary N) is 1. The molecule has 4 rings (SSSR count). The molecule has 2 fully saturated rings. The molecule has 2 aromatic rings. The lowest BCUT2D eigenvalue weighted by atomic mass is 10.2. The van der Waals surface area contributed by atoms with Gasteiger partial charge in [-0.25, -0.2) is 0 Å². The van der Waals surface area contributed by atoms with Crippen LogP contribution in [0.1, 0.15) is 5.56 Å². The summed E-state index contributed by atoms with van der Waals surface area (Å²) in [6.07, 6.45) is 1.62. The molecule has 10 heteroatoms. The summed E-state index contributed by atoms with van der Waals surface area (Å²) < 4.78 is 5.21. The van der Waals surface area contributed by atoms with E-state index in [4.69, 9.17) is 16.3 Å². The highest BCUT2D eigenvalue weighted by Crippen LogP contribution is 2.33. The monoisotopic (exact) mass is 514 g/mol. The van der Waals surface area contributed by atoms with Crippen LogP contribution in [0.3, 0.4) is 0 Å². The number of benzene rings is 2. The first-order valence-electron chi connectivity index (χ1n) is 11.3. The molecule has 0 aromatic heterocycles. The lowest BCUT2D eigenvalue weighted by Gasteiger charge is -2.35. The van der Waals surface area contributed by atoms with Gasteiger partial charge in [0.2, 0.25) is 5.91 Å². The van der Waals surface area contributed by atoms with Gasteiger partial charge in [0.05, 0.1) is 18.6 Å². The summed E-state index contributed by atoms with van der Waals surface area (Å²) in [7, 11) is 1.65. The number of carbonyl (C=O) groups is 3. The van der Waals surface area contributed by atoms with E-state index in [-0.39, 0.29) is 36.7 Å². The number of ether oxygens (including phenoxy) is 1. The lowest BCUT2D eigenvalue weighted by Crippen LogP contribution is -2.50.